The van der Waals surface area contributed by atoms with Crippen LogP contribution in [0.4, 0.5) is 0 Å². The molecule has 5 nitrogen and oxygen atoms in total. The van der Waals surface area contributed by atoms with Gasteiger partial charge in [0, 0.05) is 11.8 Å². The molecule has 0 fully saturated rings. The Morgan fingerprint density at radius 1 is 1.39 bits per heavy atom. The van der Waals surface area contributed by atoms with Crippen LogP contribution in [0.3, 0.4) is 0 Å². The Bertz CT molecular complexity index is 597. The summed E-state index contributed by atoms with van der Waals surface area (Å²) in [6, 6.07) is 7.30. The lowest BCUT2D eigenvalue weighted by Crippen LogP contribution is -2.04. The molecule has 18 heavy (non-hydrogen) atoms. The first-order valence-corrected chi connectivity index (χ1v) is 5.33. The molecule has 1 aromatic heterocycles. The van der Waals surface area contributed by atoms with E-state index in [4.69, 9.17) is 9.84 Å². The summed E-state index contributed by atoms with van der Waals surface area (Å²) >= 11 is 0. The Morgan fingerprint density at radius 3 is 2.78 bits per heavy atom. The fraction of sp³-hybridized carbons (Fsp3) is 0.154. The van der Waals surface area contributed by atoms with Crippen molar-refractivity contribution < 1.29 is 14.6 Å². The zero-order valence-electron chi connectivity index (χ0n) is 10.0. The van der Waals surface area contributed by atoms with Gasteiger partial charge >= 0.3 is 5.97 Å². The second-order valence-corrected chi connectivity index (χ2v) is 3.73. The molecule has 0 amide bonds. The van der Waals surface area contributed by atoms with E-state index in [9.17, 15) is 4.79 Å². The average Bonchev–Trinajstić information content (AvgIpc) is 2.38. The minimum atomic E-state index is -1.02. The minimum absolute atomic E-state index is 0.113. The molecule has 0 unspecified atom stereocenters. The van der Waals surface area contributed by atoms with Crippen molar-refractivity contribution in [3.63, 3.8) is 0 Å². The van der Waals surface area contributed by atoms with E-state index >= 15 is 0 Å². The third kappa shape index (κ3) is 2.29. The molecule has 0 atom stereocenters. The molecule has 0 radical (unpaired) electrons. The zero-order valence-corrected chi connectivity index (χ0v) is 10.0. The number of hydrogen-bond acceptors (Lipinski definition) is 4. The van der Waals surface area contributed by atoms with Gasteiger partial charge in [0.1, 0.15) is 5.75 Å². The van der Waals surface area contributed by atoms with Crippen LogP contribution in [0.15, 0.2) is 30.5 Å². The summed E-state index contributed by atoms with van der Waals surface area (Å²) in [6.07, 6.45) is 1.32. The number of aromatic carboxylic acids is 1. The van der Waals surface area contributed by atoms with Crippen LogP contribution in [0.5, 0.6) is 5.75 Å². The topological polar surface area (TPSA) is 72.3 Å². The molecule has 0 spiro atoms. The van der Waals surface area contributed by atoms with E-state index in [1.165, 1.54) is 6.20 Å². The van der Waals surface area contributed by atoms with Crippen LogP contribution < -0.4 is 4.74 Å². The molecule has 2 aromatic rings. The molecule has 0 aliphatic rings. The van der Waals surface area contributed by atoms with Gasteiger partial charge in [-0.1, -0.05) is 12.1 Å². The van der Waals surface area contributed by atoms with Crippen molar-refractivity contribution >= 4 is 5.97 Å². The minimum Gasteiger partial charge on any atom is -0.497 e. The number of hydrogen-bond donors (Lipinski definition) is 1. The maximum atomic E-state index is 10.9. The van der Waals surface area contributed by atoms with Gasteiger partial charge in [-0.05, 0) is 19.1 Å². The fourth-order valence-corrected chi connectivity index (χ4v) is 1.58. The van der Waals surface area contributed by atoms with Crippen molar-refractivity contribution in [1.82, 2.24) is 9.97 Å². The van der Waals surface area contributed by atoms with E-state index in [1.807, 2.05) is 18.2 Å². The van der Waals surface area contributed by atoms with Gasteiger partial charge < -0.3 is 9.84 Å². The van der Waals surface area contributed by atoms with Gasteiger partial charge in [0.05, 0.1) is 18.4 Å². The van der Waals surface area contributed by atoms with E-state index < -0.39 is 5.97 Å². The van der Waals surface area contributed by atoms with Gasteiger partial charge in [0.25, 0.3) is 0 Å². The van der Waals surface area contributed by atoms with E-state index in [0.717, 1.165) is 5.56 Å². The molecular weight excluding hydrogens is 232 g/mol. The Hall–Kier alpha value is -2.43. The second kappa shape index (κ2) is 4.83. The Kier molecular flexibility index (Phi) is 3.23. The predicted molar refractivity (Wildman–Crippen MR) is 65.7 cm³/mol. The molecule has 1 aromatic carbocycles. The monoisotopic (exact) mass is 244 g/mol. The quantitative estimate of drug-likeness (QED) is 0.895. The number of carbonyl (C=O) groups is 1. The summed E-state index contributed by atoms with van der Waals surface area (Å²) < 4.78 is 5.12. The summed E-state index contributed by atoms with van der Waals surface area (Å²) in [6.45, 7) is 1.65. The maximum absolute atomic E-state index is 10.9. The highest BCUT2D eigenvalue weighted by molar-refractivity contribution is 5.88. The van der Waals surface area contributed by atoms with Crippen molar-refractivity contribution in [1.29, 1.82) is 0 Å². The van der Waals surface area contributed by atoms with Gasteiger partial charge in [0.2, 0.25) is 0 Å². The largest absolute Gasteiger partial charge is 0.497 e. The first-order valence-electron chi connectivity index (χ1n) is 5.33. The maximum Gasteiger partial charge on any atom is 0.339 e. The molecule has 0 saturated carbocycles. The molecule has 0 saturated heterocycles. The number of carboxylic acids is 1. The Labute approximate surface area is 104 Å². The highest BCUT2D eigenvalue weighted by Crippen LogP contribution is 2.21. The summed E-state index contributed by atoms with van der Waals surface area (Å²) in [5.41, 5.74) is 1.34. The summed E-state index contributed by atoms with van der Waals surface area (Å²) in [7, 11) is 1.58. The van der Waals surface area contributed by atoms with Crippen LogP contribution in [-0.2, 0) is 0 Å². The van der Waals surface area contributed by atoms with Crippen LogP contribution in [0.2, 0.25) is 0 Å². The Morgan fingerprint density at radius 2 is 2.17 bits per heavy atom. The fourth-order valence-electron chi connectivity index (χ4n) is 1.58. The van der Waals surface area contributed by atoms with Gasteiger partial charge in [-0.15, -0.1) is 0 Å². The lowest BCUT2D eigenvalue weighted by molar-refractivity contribution is 0.0695. The lowest BCUT2D eigenvalue weighted by atomic mass is 10.2. The molecule has 0 aliphatic heterocycles. The van der Waals surface area contributed by atoms with Crippen LogP contribution in [-0.4, -0.2) is 28.2 Å². The molecule has 1 N–H and O–H groups in total. The van der Waals surface area contributed by atoms with Gasteiger partial charge in [-0.2, -0.15) is 0 Å². The van der Waals surface area contributed by atoms with Gasteiger partial charge in [-0.3, -0.25) is 0 Å². The van der Waals surface area contributed by atoms with Crippen molar-refractivity contribution in [2.24, 2.45) is 0 Å². The van der Waals surface area contributed by atoms with Crippen LogP contribution in [0.25, 0.3) is 11.4 Å². The van der Waals surface area contributed by atoms with Gasteiger partial charge in [0.15, 0.2) is 5.82 Å². The van der Waals surface area contributed by atoms with E-state index in [0.29, 0.717) is 17.3 Å². The molecular formula is C13H12N2O3. The number of aryl methyl sites for hydroxylation is 1. The van der Waals surface area contributed by atoms with E-state index in [-0.39, 0.29) is 5.56 Å². The number of rotatable bonds is 3. The average molecular weight is 244 g/mol. The zero-order chi connectivity index (χ0) is 13.1. The number of ether oxygens (including phenoxy) is 1. The van der Waals surface area contributed by atoms with Crippen molar-refractivity contribution in [3.8, 4) is 17.1 Å². The number of methoxy groups -OCH3 is 1. The number of carboxylic acid groups (broad SMARTS) is 1. The highest BCUT2D eigenvalue weighted by atomic mass is 16.5. The van der Waals surface area contributed by atoms with Crippen LogP contribution in [0, 0.1) is 6.92 Å². The molecule has 0 bridgehead atoms. The van der Waals surface area contributed by atoms with Crippen LogP contribution >= 0.6 is 0 Å². The second-order valence-electron chi connectivity index (χ2n) is 3.73. The smallest absolute Gasteiger partial charge is 0.339 e. The van der Waals surface area contributed by atoms with Crippen molar-refractivity contribution in [2.45, 2.75) is 6.92 Å². The van der Waals surface area contributed by atoms with E-state index in [2.05, 4.69) is 9.97 Å². The van der Waals surface area contributed by atoms with Gasteiger partial charge in [-0.25, -0.2) is 14.8 Å². The first kappa shape index (κ1) is 12.0. The predicted octanol–water partition coefficient (Wildman–Crippen LogP) is 2.16. The third-order valence-electron chi connectivity index (χ3n) is 2.54. The summed E-state index contributed by atoms with van der Waals surface area (Å²) in [5.74, 6) is 0.164. The van der Waals surface area contributed by atoms with E-state index in [1.54, 1.807) is 20.1 Å². The number of nitrogens with zero attached hydrogens (tertiary/aromatic N) is 2. The summed E-state index contributed by atoms with van der Waals surface area (Å²) in [4.78, 5) is 19.1. The number of aromatic nitrogens is 2. The third-order valence-corrected chi connectivity index (χ3v) is 2.54. The molecule has 1 heterocycles. The van der Waals surface area contributed by atoms with Crippen molar-refractivity contribution in [2.75, 3.05) is 7.11 Å². The molecule has 92 valence electrons. The normalized spacial score (nSPS) is 10.1. The lowest BCUT2D eigenvalue weighted by Gasteiger charge is -2.05. The SMILES string of the molecule is COc1cccc(-c2ncc(C(=O)O)c(C)n2)c1. The highest BCUT2D eigenvalue weighted by Gasteiger charge is 2.11. The number of benzene rings is 1. The molecule has 5 heteroatoms. The molecule has 0 aliphatic carbocycles. The molecule has 2 rings (SSSR count). The summed E-state index contributed by atoms with van der Waals surface area (Å²) in [5, 5.41) is 8.91. The first-order chi connectivity index (χ1) is 8.61. The Balaban J connectivity index is 2.45. The van der Waals surface area contributed by atoms with Crippen LogP contribution in [0.1, 0.15) is 16.1 Å². The van der Waals surface area contributed by atoms with Crippen molar-refractivity contribution in [3.05, 3.63) is 41.7 Å². The standard InChI is InChI=1S/C13H12N2O3/c1-8-11(13(16)17)7-14-12(15-8)9-4-3-5-10(6-9)18-2/h3-7H,1-2H3,(H,16,17).